The van der Waals surface area contributed by atoms with Crippen molar-refractivity contribution < 1.29 is 63.0 Å². The third-order valence-electron chi connectivity index (χ3n) is 6.76. The highest BCUT2D eigenvalue weighted by atomic mass is 32.2. The van der Waals surface area contributed by atoms with E-state index in [9.17, 15) is 53.1 Å². The number of amides is 2. The number of carbonyl (C=O) groups is 2. The normalized spacial score (nSPS) is 14.4. The van der Waals surface area contributed by atoms with E-state index < -0.39 is 57.8 Å². The molecule has 2 amide bonds. The molecule has 12 nitrogen and oxygen atoms in total. The van der Waals surface area contributed by atoms with E-state index in [0.717, 1.165) is 11.0 Å². The summed E-state index contributed by atoms with van der Waals surface area (Å²) in [6, 6.07) is 9.22. The number of rotatable bonds is 10. The standard InChI is InChI=1S/2C16H15F4N3O3S/c1-9(3-6-13(17)16(18,19)20)8-27(25)10-4-5-11-12(7-10)22-14(21-11)23-15(24)26-2;1-9(7-13(17)16(18,19)20)5-6-27(26)10-3-4-11-12(8-10)22-14(21-11)23(2)15(24)25/h3-7H,8H2,1-2H3,(H2,21,22,23,24);3-5,7-8H,6H2,1-2H3,(H,21,22)(H,24,25)/b9-3+,13-6-;9-5+,13-7-. The molecule has 2 unspecified atom stereocenters. The highest BCUT2D eigenvalue weighted by Crippen LogP contribution is 2.28. The molecule has 2 atom stereocenters. The molecule has 0 bridgehead atoms. The van der Waals surface area contributed by atoms with Gasteiger partial charge in [0.1, 0.15) is 0 Å². The summed E-state index contributed by atoms with van der Waals surface area (Å²) in [5.41, 5.74) is 2.21. The van der Waals surface area contributed by atoms with E-state index in [1.807, 2.05) is 0 Å². The lowest BCUT2D eigenvalue weighted by molar-refractivity contribution is -0.109. The second kappa shape index (κ2) is 18.1. The van der Waals surface area contributed by atoms with Gasteiger partial charge in [0.05, 0.1) is 50.8 Å². The number of nitrogens with one attached hydrogen (secondary N) is 3. The van der Waals surface area contributed by atoms with Crippen molar-refractivity contribution in [1.29, 1.82) is 0 Å². The van der Waals surface area contributed by atoms with Crippen LogP contribution in [0.2, 0.25) is 0 Å². The lowest BCUT2D eigenvalue weighted by atomic mass is 10.2. The average molecular weight is 811 g/mol. The number of hydrogen-bond donors (Lipinski definition) is 4. The lowest BCUT2D eigenvalue weighted by Gasteiger charge is -2.07. The van der Waals surface area contributed by atoms with Gasteiger partial charge in [0.25, 0.3) is 0 Å². The Morgan fingerprint density at radius 3 is 2.00 bits per heavy atom. The molecular formula is C32H30F8N6O6S2. The van der Waals surface area contributed by atoms with Gasteiger partial charge in [-0.05, 0) is 62.4 Å². The number of alkyl halides is 6. The minimum absolute atomic E-state index is 0.00818. The Morgan fingerprint density at radius 1 is 0.889 bits per heavy atom. The van der Waals surface area contributed by atoms with E-state index in [4.69, 9.17) is 5.11 Å². The Bertz CT molecular complexity index is 2190. The quantitative estimate of drug-likeness (QED) is 0.0915. The van der Waals surface area contributed by atoms with Crippen molar-refractivity contribution in [1.82, 2.24) is 19.9 Å². The Labute approximate surface area is 305 Å². The highest BCUT2D eigenvalue weighted by Gasteiger charge is 2.34. The number of H-pyrrole nitrogens is 2. The van der Waals surface area contributed by atoms with Gasteiger partial charge in [0.15, 0.2) is 0 Å². The third kappa shape index (κ3) is 12.4. The number of nitrogens with zero attached hydrogens (tertiary/aromatic N) is 3. The van der Waals surface area contributed by atoms with Crippen LogP contribution in [0.1, 0.15) is 13.8 Å². The topological polar surface area (TPSA) is 170 Å². The molecule has 0 saturated heterocycles. The van der Waals surface area contributed by atoms with Gasteiger partial charge in [-0.15, -0.1) is 0 Å². The summed E-state index contributed by atoms with van der Waals surface area (Å²) in [4.78, 5) is 37.5. The van der Waals surface area contributed by atoms with Gasteiger partial charge in [-0.2, -0.15) is 26.3 Å². The maximum absolute atomic E-state index is 12.9. The number of fused-ring (bicyclic) bond motifs is 2. The summed E-state index contributed by atoms with van der Waals surface area (Å²) in [5.74, 6) is -4.41. The van der Waals surface area contributed by atoms with Crippen molar-refractivity contribution in [2.75, 3.05) is 35.9 Å². The number of imidazole rings is 2. The van der Waals surface area contributed by atoms with Gasteiger partial charge in [-0.3, -0.25) is 18.6 Å². The van der Waals surface area contributed by atoms with Crippen LogP contribution in [-0.4, -0.2) is 83.7 Å². The van der Waals surface area contributed by atoms with Crippen molar-refractivity contribution in [3.63, 3.8) is 0 Å². The lowest BCUT2D eigenvalue weighted by Crippen LogP contribution is -2.24. The fraction of sp³-hybridized carbons (Fsp3) is 0.250. The average Bonchev–Trinajstić information content (AvgIpc) is 3.71. The van der Waals surface area contributed by atoms with E-state index in [2.05, 4.69) is 30.0 Å². The number of methoxy groups -OCH3 is 1. The molecule has 0 spiro atoms. The fourth-order valence-electron chi connectivity index (χ4n) is 4.00. The highest BCUT2D eigenvalue weighted by molar-refractivity contribution is 7.85. The van der Waals surface area contributed by atoms with Crippen LogP contribution in [0, 0.1) is 0 Å². The van der Waals surface area contributed by atoms with Gasteiger partial charge < -0.3 is 19.8 Å². The molecule has 0 saturated carbocycles. The van der Waals surface area contributed by atoms with Crippen LogP contribution in [0.15, 0.2) is 93.3 Å². The fourth-order valence-corrected chi connectivity index (χ4v) is 6.22. The summed E-state index contributed by atoms with van der Waals surface area (Å²) < 4.78 is 128. The summed E-state index contributed by atoms with van der Waals surface area (Å²) in [6.07, 6.45) is -9.21. The number of halogens is 8. The maximum Gasteiger partial charge on any atom is 0.442 e. The molecule has 0 fully saturated rings. The molecule has 2 heterocycles. The second-order valence-electron chi connectivity index (χ2n) is 10.9. The summed E-state index contributed by atoms with van der Waals surface area (Å²) >= 11 is 0. The number of hydrogen-bond acceptors (Lipinski definition) is 7. The van der Waals surface area contributed by atoms with Crippen LogP contribution >= 0.6 is 0 Å². The van der Waals surface area contributed by atoms with Crippen LogP contribution in [0.5, 0.6) is 0 Å². The number of allylic oxidation sites excluding steroid dienone is 6. The van der Waals surface area contributed by atoms with Crippen LogP contribution in [0.4, 0.5) is 56.6 Å². The molecule has 22 heteroatoms. The molecule has 54 heavy (non-hydrogen) atoms. The Kier molecular flexibility index (Phi) is 14.4. The van der Waals surface area contributed by atoms with E-state index >= 15 is 0 Å². The number of ether oxygens (including phenoxy) is 1. The monoisotopic (exact) mass is 810 g/mol. The van der Waals surface area contributed by atoms with Gasteiger partial charge in [-0.25, -0.2) is 28.3 Å². The Morgan fingerprint density at radius 2 is 1.44 bits per heavy atom. The van der Waals surface area contributed by atoms with Crippen molar-refractivity contribution in [2.45, 2.75) is 36.0 Å². The van der Waals surface area contributed by atoms with E-state index in [1.54, 1.807) is 18.2 Å². The number of aromatic nitrogens is 4. The molecule has 4 N–H and O–H groups in total. The maximum atomic E-state index is 12.9. The SMILES string of the molecule is CC(/C=C(\F)C(F)(F)F)=C\CS(=O)c1ccc2nc(N(C)C(=O)O)[nH]c2c1.COC(=O)Nc1nc2ccc(S(=O)C/C(C)=C/C=C(\F)C(F)(F)F)cc2[nH]1. The molecule has 0 aliphatic carbocycles. The van der Waals surface area contributed by atoms with Crippen molar-refractivity contribution in [3.05, 3.63) is 83.5 Å². The minimum atomic E-state index is -5.05. The number of benzene rings is 2. The number of aromatic amines is 2. The van der Waals surface area contributed by atoms with E-state index in [1.165, 1.54) is 52.3 Å². The predicted octanol–water partition coefficient (Wildman–Crippen LogP) is 8.36. The Balaban J connectivity index is 0.000000290. The zero-order valence-corrected chi connectivity index (χ0v) is 30.0. The van der Waals surface area contributed by atoms with Crippen LogP contribution in [-0.2, 0) is 26.3 Å². The van der Waals surface area contributed by atoms with Crippen LogP contribution < -0.4 is 10.2 Å². The molecule has 4 aromatic rings. The first-order chi connectivity index (χ1) is 25.1. The van der Waals surface area contributed by atoms with Crippen molar-refractivity contribution in [2.24, 2.45) is 0 Å². The van der Waals surface area contributed by atoms with Gasteiger partial charge in [-0.1, -0.05) is 23.3 Å². The first-order valence-electron chi connectivity index (χ1n) is 14.9. The molecule has 0 radical (unpaired) electrons. The number of carboxylic acid groups (broad SMARTS) is 1. The molecule has 292 valence electrons. The smallest absolute Gasteiger partial charge is 0.442 e. The molecule has 2 aromatic carbocycles. The van der Waals surface area contributed by atoms with E-state index in [-0.39, 0.29) is 29.0 Å². The second-order valence-corrected chi connectivity index (χ2v) is 13.9. The van der Waals surface area contributed by atoms with Crippen molar-refractivity contribution in [3.8, 4) is 0 Å². The predicted molar refractivity (Wildman–Crippen MR) is 185 cm³/mol. The van der Waals surface area contributed by atoms with Gasteiger partial charge >= 0.3 is 24.5 Å². The van der Waals surface area contributed by atoms with Gasteiger partial charge in [0, 0.05) is 28.3 Å². The summed E-state index contributed by atoms with van der Waals surface area (Å²) in [5, 5.41) is 11.3. The molecule has 4 rings (SSSR count). The summed E-state index contributed by atoms with van der Waals surface area (Å²) in [6.45, 7) is 2.72. The van der Waals surface area contributed by atoms with Crippen LogP contribution in [0.3, 0.4) is 0 Å². The Hall–Kier alpha value is -5.38. The molecule has 0 aliphatic rings. The van der Waals surface area contributed by atoms with E-state index in [0.29, 0.717) is 49.6 Å². The first-order valence-corrected chi connectivity index (χ1v) is 17.5. The zero-order valence-electron chi connectivity index (χ0n) is 28.4. The minimum Gasteiger partial charge on any atom is -0.465 e. The summed E-state index contributed by atoms with van der Waals surface area (Å²) in [7, 11) is -0.658. The van der Waals surface area contributed by atoms with Gasteiger partial charge in [0.2, 0.25) is 23.6 Å². The third-order valence-corrected chi connectivity index (χ3v) is 9.50. The van der Waals surface area contributed by atoms with Crippen LogP contribution in [0.25, 0.3) is 22.1 Å². The largest absolute Gasteiger partial charge is 0.465 e. The number of anilines is 2. The van der Waals surface area contributed by atoms with Crippen molar-refractivity contribution >= 4 is 67.7 Å². The molecule has 0 aliphatic heterocycles. The molecule has 2 aromatic heterocycles. The first kappa shape index (κ1) is 43.0. The number of carbonyl (C=O) groups excluding carboxylic acids is 1. The zero-order chi connectivity index (χ0) is 40.5. The molecular weight excluding hydrogens is 781 g/mol.